The van der Waals surface area contributed by atoms with Gasteiger partial charge >= 0.3 is 0 Å². The maximum Gasteiger partial charge on any atom is 0.0688 e. The van der Waals surface area contributed by atoms with Crippen LogP contribution >= 0.6 is 0 Å². The van der Waals surface area contributed by atoms with Gasteiger partial charge in [-0.05, 0) is 62.7 Å². The minimum Gasteiger partial charge on any atom is -0.375 e. The van der Waals surface area contributed by atoms with Crippen molar-refractivity contribution in [1.29, 1.82) is 0 Å². The monoisotopic (exact) mass is 292 g/mol. The van der Waals surface area contributed by atoms with Crippen LogP contribution in [0.15, 0.2) is 25.8 Å². The summed E-state index contributed by atoms with van der Waals surface area (Å²) in [4.78, 5) is 0. The van der Waals surface area contributed by atoms with E-state index in [2.05, 4.69) is 40.5 Å². The van der Waals surface area contributed by atoms with E-state index in [1.807, 2.05) is 6.92 Å². The average Bonchev–Trinajstić information content (AvgIpc) is 2.85. The van der Waals surface area contributed by atoms with Gasteiger partial charge in [0.2, 0.25) is 0 Å². The molecule has 0 spiro atoms. The lowest BCUT2D eigenvalue weighted by Gasteiger charge is -2.57. The van der Waals surface area contributed by atoms with E-state index >= 15 is 0 Å². The second kappa shape index (κ2) is 7.63. The summed E-state index contributed by atoms with van der Waals surface area (Å²) in [6.45, 7) is 19.7. The van der Waals surface area contributed by atoms with Crippen LogP contribution in [0.4, 0.5) is 0 Å². The summed E-state index contributed by atoms with van der Waals surface area (Å²) < 4.78 is 6.09. The lowest BCUT2D eigenvalue weighted by molar-refractivity contribution is -0.127. The molecule has 0 aromatic carbocycles. The van der Waals surface area contributed by atoms with Gasteiger partial charge in [0.1, 0.15) is 0 Å². The molecule has 5 atom stereocenters. The Labute approximate surface area is 132 Å². The molecule has 1 unspecified atom stereocenters. The van der Waals surface area contributed by atoms with Crippen molar-refractivity contribution in [3.63, 3.8) is 0 Å². The molecule has 1 aliphatic heterocycles. The highest BCUT2D eigenvalue weighted by atomic mass is 16.5. The van der Waals surface area contributed by atoms with Crippen LogP contribution in [0.5, 0.6) is 0 Å². The first-order valence-electron chi connectivity index (χ1n) is 8.69. The molecular formula is C20H36O. The van der Waals surface area contributed by atoms with Crippen molar-refractivity contribution in [3.8, 4) is 0 Å². The Morgan fingerprint density at radius 1 is 1.10 bits per heavy atom. The number of hydrogen-bond donors (Lipinski definition) is 0. The van der Waals surface area contributed by atoms with Gasteiger partial charge in [-0.15, -0.1) is 19.7 Å². The molecule has 1 heteroatoms. The van der Waals surface area contributed by atoms with Gasteiger partial charge in [-0.3, -0.25) is 0 Å². The molecule has 0 N–H and O–H groups in total. The first kappa shape index (κ1) is 18.5. The fraction of sp³-hybridized carbons (Fsp3) is 0.800. The molecule has 0 radical (unpaired) electrons. The molecule has 21 heavy (non-hydrogen) atoms. The van der Waals surface area contributed by atoms with Crippen molar-refractivity contribution in [3.05, 3.63) is 25.8 Å². The lowest BCUT2D eigenvalue weighted by atomic mass is 9.49. The van der Waals surface area contributed by atoms with Crippen molar-refractivity contribution in [1.82, 2.24) is 0 Å². The molecule has 1 nitrogen and oxygen atoms in total. The average molecular weight is 293 g/mol. The zero-order valence-electron chi connectivity index (χ0n) is 14.8. The van der Waals surface area contributed by atoms with E-state index < -0.39 is 0 Å². The Bertz CT molecular complexity index is 337. The second-order valence-corrected chi connectivity index (χ2v) is 7.43. The Hall–Kier alpha value is -0.560. The van der Waals surface area contributed by atoms with Crippen molar-refractivity contribution >= 4 is 0 Å². The van der Waals surface area contributed by atoms with Gasteiger partial charge in [-0.2, -0.15) is 0 Å². The fourth-order valence-corrected chi connectivity index (χ4v) is 5.42. The molecule has 0 bridgehead atoms. The van der Waals surface area contributed by atoms with Crippen molar-refractivity contribution < 1.29 is 4.74 Å². The predicted octanol–water partition coefficient (Wildman–Crippen LogP) is 6.01. The first-order chi connectivity index (χ1) is 9.98. The van der Waals surface area contributed by atoms with E-state index in [9.17, 15) is 0 Å². The van der Waals surface area contributed by atoms with Gasteiger partial charge in [0.25, 0.3) is 0 Å². The largest absolute Gasteiger partial charge is 0.375 e. The minimum atomic E-state index is 0.225. The van der Waals surface area contributed by atoms with Crippen LogP contribution in [-0.4, -0.2) is 12.2 Å². The number of fused-ring (bicyclic) bond motifs is 3. The summed E-state index contributed by atoms with van der Waals surface area (Å²) in [5.41, 5.74) is 0.809. The number of hydrogen-bond acceptors (Lipinski definition) is 1. The van der Waals surface area contributed by atoms with E-state index in [4.69, 9.17) is 4.74 Å². The highest BCUT2D eigenvalue weighted by Crippen LogP contribution is 2.61. The highest BCUT2D eigenvalue weighted by molar-refractivity contribution is 5.07. The smallest absolute Gasteiger partial charge is 0.0688 e. The summed E-state index contributed by atoms with van der Waals surface area (Å²) in [5, 5.41) is 0. The summed E-state index contributed by atoms with van der Waals surface area (Å²) in [6, 6.07) is 0. The minimum absolute atomic E-state index is 0.225. The predicted molar refractivity (Wildman–Crippen MR) is 93.4 cm³/mol. The second-order valence-electron chi connectivity index (χ2n) is 7.43. The summed E-state index contributed by atoms with van der Waals surface area (Å²) in [5.74, 6) is 2.76. The molecule has 2 saturated carbocycles. The molecule has 0 aromatic heterocycles. The molecule has 3 rings (SSSR count). The van der Waals surface area contributed by atoms with Crippen LogP contribution in [0.3, 0.4) is 0 Å². The topological polar surface area (TPSA) is 9.23 Å². The summed E-state index contributed by atoms with van der Waals surface area (Å²) >= 11 is 0. The van der Waals surface area contributed by atoms with Crippen molar-refractivity contribution in [2.75, 3.05) is 6.61 Å². The molecule has 3 aliphatic rings. The van der Waals surface area contributed by atoms with Crippen LogP contribution < -0.4 is 0 Å². The molecule has 0 aromatic rings. The molecule has 122 valence electrons. The van der Waals surface area contributed by atoms with Crippen LogP contribution in [0.25, 0.3) is 0 Å². The zero-order valence-corrected chi connectivity index (χ0v) is 14.8. The van der Waals surface area contributed by atoms with E-state index in [1.54, 1.807) is 6.08 Å². The third-order valence-corrected chi connectivity index (χ3v) is 6.23. The van der Waals surface area contributed by atoms with E-state index in [1.165, 1.54) is 38.5 Å². The Morgan fingerprint density at radius 2 is 1.71 bits per heavy atom. The SMILES string of the molecule is C=C.C=CC.C[C@H]1CCC[C@@]2(C)C1CC[C@@]1(C)OCC[C@@H]12. The first-order valence-corrected chi connectivity index (χ1v) is 8.69. The fourth-order valence-electron chi connectivity index (χ4n) is 5.42. The summed E-state index contributed by atoms with van der Waals surface area (Å²) in [6.07, 6.45) is 10.1. The third kappa shape index (κ3) is 3.44. The maximum absolute atomic E-state index is 6.09. The molecule has 3 fully saturated rings. The highest BCUT2D eigenvalue weighted by Gasteiger charge is 2.57. The Kier molecular flexibility index (Phi) is 6.71. The van der Waals surface area contributed by atoms with Gasteiger partial charge in [-0.25, -0.2) is 0 Å². The van der Waals surface area contributed by atoms with E-state index in [0.29, 0.717) is 5.41 Å². The van der Waals surface area contributed by atoms with Gasteiger partial charge in [0, 0.05) is 6.61 Å². The maximum atomic E-state index is 6.09. The van der Waals surface area contributed by atoms with Gasteiger partial charge in [-0.1, -0.05) is 32.8 Å². The van der Waals surface area contributed by atoms with Gasteiger partial charge in [0.05, 0.1) is 5.60 Å². The quantitative estimate of drug-likeness (QED) is 0.497. The number of allylic oxidation sites excluding steroid dienone is 1. The van der Waals surface area contributed by atoms with Gasteiger partial charge < -0.3 is 4.74 Å². The number of ether oxygens (including phenoxy) is 1. The normalized spacial score (nSPS) is 44.1. The van der Waals surface area contributed by atoms with Crippen LogP contribution in [0.2, 0.25) is 0 Å². The van der Waals surface area contributed by atoms with Crippen molar-refractivity contribution in [2.24, 2.45) is 23.2 Å². The summed E-state index contributed by atoms with van der Waals surface area (Å²) in [7, 11) is 0. The number of rotatable bonds is 0. The zero-order chi connectivity index (χ0) is 16.1. The molecular weight excluding hydrogens is 256 g/mol. The third-order valence-electron chi connectivity index (χ3n) is 6.23. The van der Waals surface area contributed by atoms with E-state index in [0.717, 1.165) is 24.4 Å². The molecule has 1 heterocycles. The van der Waals surface area contributed by atoms with Crippen molar-refractivity contribution in [2.45, 2.75) is 71.8 Å². The van der Waals surface area contributed by atoms with E-state index in [-0.39, 0.29) is 5.60 Å². The standard InChI is InChI=1S/C15H26O.C3H6.C2H4/c1-11-5-4-8-14(2)12(11)6-9-15(3)13(14)7-10-16-15;1-3-2;1-2/h11-13H,4-10H2,1-3H3;3H,1H2,2H3;1-2H2/t11-,12?,13+,14-,15+;;/m0../s1. The lowest BCUT2D eigenvalue weighted by Crippen LogP contribution is -2.53. The molecule has 0 amide bonds. The van der Waals surface area contributed by atoms with Crippen LogP contribution in [0.1, 0.15) is 66.2 Å². The Balaban J connectivity index is 0.000000395. The molecule has 1 saturated heterocycles. The van der Waals surface area contributed by atoms with Gasteiger partial charge in [0.15, 0.2) is 0 Å². The Morgan fingerprint density at radius 3 is 2.33 bits per heavy atom. The van der Waals surface area contributed by atoms with Crippen LogP contribution in [-0.2, 0) is 4.74 Å². The van der Waals surface area contributed by atoms with Crippen LogP contribution in [0, 0.1) is 23.2 Å². The molecule has 2 aliphatic carbocycles.